The van der Waals surface area contributed by atoms with Crippen LogP contribution in [-0.4, -0.2) is 0 Å². The van der Waals surface area contributed by atoms with Gasteiger partial charge in [-0.1, -0.05) is 72.8 Å². The highest BCUT2D eigenvalue weighted by Crippen LogP contribution is 2.34. The second kappa shape index (κ2) is 6.95. The van der Waals surface area contributed by atoms with Crippen molar-refractivity contribution in [1.82, 2.24) is 0 Å². The summed E-state index contributed by atoms with van der Waals surface area (Å²) in [6, 6.07) is 27.6. The van der Waals surface area contributed by atoms with E-state index in [1.807, 2.05) is 0 Å². The summed E-state index contributed by atoms with van der Waals surface area (Å²) in [6.45, 7) is 0. The molecule has 100 valence electrons. The number of hydrogen-bond acceptors (Lipinski definition) is 0. The minimum Gasteiger partial charge on any atom is -0.197 e. The number of rotatable bonds is 2. The molecule has 3 rings (SSSR count). The molecule has 3 aromatic carbocycles. The maximum absolute atomic E-state index is 2.40. The predicted octanol–water partition coefficient (Wildman–Crippen LogP) is 5.74. The Labute approximate surface area is 140 Å². The Morgan fingerprint density at radius 2 is 1.00 bits per heavy atom. The van der Waals surface area contributed by atoms with Crippen LogP contribution in [-0.2, 0) is 0 Å². The topological polar surface area (TPSA) is 0 Å². The monoisotopic (exact) mass is 390 g/mol. The molecule has 0 spiro atoms. The first-order valence-electron chi connectivity index (χ1n) is 6.25. The third-order valence-electron chi connectivity index (χ3n) is 3.18. The van der Waals surface area contributed by atoms with E-state index in [9.17, 15) is 0 Å². The molecule has 0 N–H and O–H groups in total. The van der Waals surface area contributed by atoms with Gasteiger partial charge in [-0.05, 0) is 50.9 Å². The summed E-state index contributed by atoms with van der Waals surface area (Å²) in [6.07, 6.45) is 0. The van der Waals surface area contributed by atoms with Gasteiger partial charge in [0.2, 0.25) is 0 Å². The molecule has 0 aliphatic heterocycles. The normalized spacial score (nSPS) is 9.85. The lowest BCUT2D eigenvalue weighted by Gasteiger charge is -2.11. The first kappa shape index (κ1) is 15.1. The van der Waals surface area contributed by atoms with Gasteiger partial charge in [-0.25, -0.2) is 0 Å². The lowest BCUT2D eigenvalue weighted by molar-refractivity contribution is 1.56. The van der Waals surface area contributed by atoms with Crippen molar-refractivity contribution in [2.24, 2.45) is 0 Å². The zero-order chi connectivity index (χ0) is 13.1. The lowest BCUT2D eigenvalue weighted by atomic mass is 9.95. The van der Waals surface area contributed by atoms with E-state index in [4.69, 9.17) is 0 Å². The van der Waals surface area contributed by atoms with Crippen molar-refractivity contribution in [1.29, 1.82) is 0 Å². The molecule has 0 aliphatic carbocycles. The quantitative estimate of drug-likeness (QED) is 0.490. The minimum atomic E-state index is 0. The van der Waals surface area contributed by atoms with Crippen LogP contribution in [0.4, 0.5) is 0 Å². The number of benzene rings is 3. The first-order chi connectivity index (χ1) is 9.36. The first-order valence-corrected chi connectivity index (χ1v) is 7.33. The summed E-state index contributed by atoms with van der Waals surface area (Å²) in [5.74, 6) is 0. The van der Waals surface area contributed by atoms with E-state index in [1.54, 1.807) is 0 Å². The largest absolute Gasteiger partial charge is 0.197 e. The van der Waals surface area contributed by atoms with Crippen molar-refractivity contribution in [2.75, 3.05) is 0 Å². The molecular formula is C18H15IS. The van der Waals surface area contributed by atoms with Gasteiger partial charge in [0.05, 0.1) is 0 Å². The maximum atomic E-state index is 2.40. The molecule has 0 saturated carbocycles. The standard InChI is InChI=1S/C18H13I.H2S/c19-18-13-7-6-12-17(18)16-11-5-4-10-15(16)14-8-2-1-3-9-14;/h1-13H;1H2. The van der Waals surface area contributed by atoms with Crippen molar-refractivity contribution < 1.29 is 0 Å². The Kier molecular flexibility index (Phi) is 5.26. The summed E-state index contributed by atoms with van der Waals surface area (Å²) in [7, 11) is 0. The Hall–Kier alpha value is -1.26. The Balaban J connectivity index is 0.00000147. The molecule has 0 radical (unpaired) electrons. The van der Waals surface area contributed by atoms with E-state index in [2.05, 4.69) is 101 Å². The third-order valence-corrected chi connectivity index (χ3v) is 4.12. The molecule has 0 bridgehead atoms. The van der Waals surface area contributed by atoms with Gasteiger partial charge in [-0.2, -0.15) is 13.5 Å². The molecule has 0 unspecified atom stereocenters. The zero-order valence-corrected chi connectivity index (χ0v) is 14.0. The van der Waals surface area contributed by atoms with Crippen molar-refractivity contribution in [3.63, 3.8) is 0 Å². The van der Waals surface area contributed by atoms with Gasteiger partial charge in [0.1, 0.15) is 0 Å². The van der Waals surface area contributed by atoms with Gasteiger partial charge in [0, 0.05) is 3.57 Å². The van der Waals surface area contributed by atoms with Crippen LogP contribution in [0.25, 0.3) is 22.3 Å². The van der Waals surface area contributed by atoms with Crippen molar-refractivity contribution >= 4 is 36.1 Å². The second-order valence-corrected chi connectivity index (χ2v) is 5.55. The Morgan fingerprint density at radius 3 is 1.65 bits per heavy atom. The van der Waals surface area contributed by atoms with Crippen LogP contribution in [0, 0.1) is 3.57 Å². The van der Waals surface area contributed by atoms with E-state index in [1.165, 1.54) is 25.8 Å². The molecule has 0 heterocycles. The van der Waals surface area contributed by atoms with Crippen molar-refractivity contribution in [2.45, 2.75) is 0 Å². The summed E-state index contributed by atoms with van der Waals surface area (Å²) in [4.78, 5) is 0. The van der Waals surface area contributed by atoms with E-state index in [0.717, 1.165) is 0 Å². The smallest absolute Gasteiger partial charge is 0.0209 e. The van der Waals surface area contributed by atoms with Crippen LogP contribution in [0.15, 0.2) is 78.9 Å². The highest BCUT2D eigenvalue weighted by Gasteiger charge is 2.08. The van der Waals surface area contributed by atoms with Gasteiger partial charge < -0.3 is 0 Å². The van der Waals surface area contributed by atoms with E-state index >= 15 is 0 Å². The van der Waals surface area contributed by atoms with Gasteiger partial charge in [0.15, 0.2) is 0 Å². The average molecular weight is 390 g/mol. The van der Waals surface area contributed by atoms with Crippen molar-refractivity contribution in [3.8, 4) is 22.3 Å². The molecule has 0 fully saturated rings. The van der Waals surface area contributed by atoms with E-state index in [-0.39, 0.29) is 13.5 Å². The van der Waals surface area contributed by atoms with Gasteiger partial charge in [-0.3, -0.25) is 0 Å². The molecule has 0 aliphatic rings. The fraction of sp³-hybridized carbons (Fsp3) is 0. The molecule has 0 nitrogen and oxygen atoms in total. The molecule has 2 heteroatoms. The predicted molar refractivity (Wildman–Crippen MR) is 100 cm³/mol. The summed E-state index contributed by atoms with van der Waals surface area (Å²) in [5.41, 5.74) is 5.13. The van der Waals surface area contributed by atoms with Crippen LogP contribution < -0.4 is 0 Å². The summed E-state index contributed by atoms with van der Waals surface area (Å²) >= 11 is 2.40. The van der Waals surface area contributed by atoms with Crippen LogP contribution in [0.5, 0.6) is 0 Å². The van der Waals surface area contributed by atoms with Gasteiger partial charge >= 0.3 is 0 Å². The summed E-state index contributed by atoms with van der Waals surface area (Å²) < 4.78 is 1.28. The van der Waals surface area contributed by atoms with Crippen molar-refractivity contribution in [3.05, 3.63) is 82.4 Å². The molecule has 0 saturated heterocycles. The second-order valence-electron chi connectivity index (χ2n) is 4.39. The third kappa shape index (κ3) is 3.07. The minimum absolute atomic E-state index is 0. The maximum Gasteiger partial charge on any atom is 0.0209 e. The van der Waals surface area contributed by atoms with Crippen LogP contribution >= 0.6 is 36.1 Å². The molecule has 0 atom stereocenters. The molecule has 0 amide bonds. The SMILES string of the molecule is Ic1ccccc1-c1ccccc1-c1ccccc1.S. The summed E-state index contributed by atoms with van der Waals surface area (Å²) in [5, 5.41) is 0. The van der Waals surface area contributed by atoms with Gasteiger partial charge in [0.25, 0.3) is 0 Å². The molecule has 20 heavy (non-hydrogen) atoms. The van der Waals surface area contributed by atoms with Gasteiger partial charge in [-0.15, -0.1) is 0 Å². The Morgan fingerprint density at radius 1 is 0.500 bits per heavy atom. The molecule has 0 aromatic heterocycles. The highest BCUT2D eigenvalue weighted by atomic mass is 127. The van der Waals surface area contributed by atoms with Crippen LogP contribution in [0.3, 0.4) is 0 Å². The average Bonchev–Trinajstić information content (AvgIpc) is 2.49. The van der Waals surface area contributed by atoms with Crippen LogP contribution in [0.1, 0.15) is 0 Å². The Bertz CT molecular complexity index is 693. The number of hydrogen-bond donors (Lipinski definition) is 0. The fourth-order valence-electron chi connectivity index (χ4n) is 2.27. The zero-order valence-electron chi connectivity index (χ0n) is 10.9. The number of halogens is 1. The lowest BCUT2D eigenvalue weighted by Crippen LogP contribution is -1.87. The fourth-order valence-corrected chi connectivity index (χ4v) is 2.95. The molecular weight excluding hydrogens is 375 g/mol. The van der Waals surface area contributed by atoms with E-state index < -0.39 is 0 Å². The van der Waals surface area contributed by atoms with Crippen LogP contribution in [0.2, 0.25) is 0 Å². The molecule has 3 aromatic rings. The van der Waals surface area contributed by atoms with E-state index in [0.29, 0.717) is 0 Å². The highest BCUT2D eigenvalue weighted by molar-refractivity contribution is 14.1.